The van der Waals surface area contributed by atoms with Gasteiger partial charge in [-0.2, -0.15) is 0 Å². The number of aryl methyl sites for hydroxylation is 1. The summed E-state index contributed by atoms with van der Waals surface area (Å²) in [6, 6.07) is 11.9. The van der Waals surface area contributed by atoms with E-state index in [0.29, 0.717) is 29.0 Å². The van der Waals surface area contributed by atoms with E-state index in [4.69, 9.17) is 11.6 Å². The van der Waals surface area contributed by atoms with Crippen LogP contribution in [0.4, 0.5) is 5.82 Å². The van der Waals surface area contributed by atoms with Gasteiger partial charge in [0.2, 0.25) is 5.91 Å². The fourth-order valence-electron chi connectivity index (χ4n) is 3.16. The Hall–Kier alpha value is -2.58. The zero-order valence-electron chi connectivity index (χ0n) is 16.0. The number of rotatable bonds is 5. The quantitative estimate of drug-likeness (QED) is 0.582. The van der Waals surface area contributed by atoms with E-state index >= 15 is 0 Å². The highest BCUT2D eigenvalue weighted by Gasteiger charge is 2.22. The zero-order chi connectivity index (χ0) is 20.2. The maximum Gasteiger partial charge on any atom is 0.233 e. The van der Waals surface area contributed by atoms with Gasteiger partial charge in [-0.1, -0.05) is 41.1 Å². The van der Waals surface area contributed by atoms with Gasteiger partial charge in [0.1, 0.15) is 12.1 Å². The second kappa shape index (κ2) is 8.84. The maximum atomic E-state index is 12.7. The Morgan fingerprint density at radius 2 is 1.86 bits per heavy atom. The predicted molar refractivity (Wildman–Crippen MR) is 115 cm³/mol. The first kappa shape index (κ1) is 19.7. The molecule has 29 heavy (non-hydrogen) atoms. The molecule has 0 unspecified atom stereocenters. The van der Waals surface area contributed by atoms with Crippen molar-refractivity contribution in [1.82, 2.24) is 24.6 Å². The van der Waals surface area contributed by atoms with Crippen molar-refractivity contribution in [3.8, 4) is 5.69 Å². The number of pyridine rings is 1. The molecule has 9 heteroatoms. The number of thioether (sulfide) groups is 1. The molecule has 0 atom stereocenters. The van der Waals surface area contributed by atoms with Crippen molar-refractivity contribution >= 4 is 35.1 Å². The fraction of sp³-hybridized carbons (Fsp3) is 0.300. The molecule has 1 saturated heterocycles. The minimum atomic E-state index is 0.108. The van der Waals surface area contributed by atoms with Crippen LogP contribution in [0.2, 0.25) is 5.02 Å². The standard InChI is InChI=1S/C20H21ClN6OS/c1-15-2-5-17(6-3-15)27-14-23-24-20(27)29-13-19(28)26-10-8-25(9-11-26)18-7-4-16(21)12-22-18/h2-7,12,14H,8-11,13H2,1H3. The molecule has 1 aromatic carbocycles. The first-order valence-electron chi connectivity index (χ1n) is 9.34. The molecule has 0 saturated carbocycles. The highest BCUT2D eigenvalue weighted by atomic mass is 35.5. The monoisotopic (exact) mass is 428 g/mol. The summed E-state index contributed by atoms with van der Waals surface area (Å²) in [6.07, 6.45) is 3.32. The van der Waals surface area contributed by atoms with Gasteiger partial charge in [0.15, 0.2) is 5.16 Å². The van der Waals surface area contributed by atoms with Gasteiger partial charge in [-0.15, -0.1) is 10.2 Å². The first-order valence-corrected chi connectivity index (χ1v) is 10.7. The lowest BCUT2D eigenvalue weighted by Gasteiger charge is -2.35. The Kier molecular flexibility index (Phi) is 6.01. The van der Waals surface area contributed by atoms with E-state index in [-0.39, 0.29) is 5.91 Å². The second-order valence-corrected chi connectivity index (χ2v) is 8.19. The molecule has 0 radical (unpaired) electrons. The molecule has 150 valence electrons. The van der Waals surface area contributed by atoms with Crippen molar-refractivity contribution in [2.24, 2.45) is 0 Å². The van der Waals surface area contributed by atoms with Crippen LogP contribution in [0.1, 0.15) is 5.56 Å². The molecule has 1 amide bonds. The lowest BCUT2D eigenvalue weighted by Crippen LogP contribution is -2.49. The summed E-state index contributed by atoms with van der Waals surface area (Å²) in [5.74, 6) is 1.34. The molecular weight excluding hydrogens is 408 g/mol. The Morgan fingerprint density at radius 3 is 2.55 bits per heavy atom. The molecule has 7 nitrogen and oxygen atoms in total. The average Bonchev–Trinajstić information content (AvgIpc) is 3.22. The highest BCUT2D eigenvalue weighted by molar-refractivity contribution is 7.99. The van der Waals surface area contributed by atoms with E-state index in [1.807, 2.05) is 52.8 Å². The second-order valence-electron chi connectivity index (χ2n) is 6.81. The molecule has 4 rings (SSSR count). The van der Waals surface area contributed by atoms with E-state index in [2.05, 4.69) is 20.1 Å². The normalized spacial score (nSPS) is 14.3. The Morgan fingerprint density at radius 1 is 1.10 bits per heavy atom. The SMILES string of the molecule is Cc1ccc(-n2cnnc2SCC(=O)N2CCN(c3ccc(Cl)cn3)CC2)cc1. The number of halogens is 1. The molecule has 2 aromatic heterocycles. The highest BCUT2D eigenvalue weighted by Crippen LogP contribution is 2.21. The van der Waals surface area contributed by atoms with E-state index < -0.39 is 0 Å². The summed E-state index contributed by atoms with van der Waals surface area (Å²) in [5.41, 5.74) is 2.18. The van der Waals surface area contributed by atoms with Crippen molar-refractivity contribution in [2.45, 2.75) is 12.1 Å². The third-order valence-corrected chi connectivity index (χ3v) is 5.97. The molecule has 0 N–H and O–H groups in total. The number of carbonyl (C=O) groups excluding carboxylic acids is 1. The van der Waals surface area contributed by atoms with Gasteiger partial charge in [-0.05, 0) is 31.2 Å². The van der Waals surface area contributed by atoms with Crippen LogP contribution in [0.5, 0.6) is 0 Å². The van der Waals surface area contributed by atoms with E-state index in [9.17, 15) is 4.79 Å². The van der Waals surface area contributed by atoms with Crippen LogP contribution in [0.3, 0.4) is 0 Å². The number of piperazine rings is 1. The van der Waals surface area contributed by atoms with Crippen LogP contribution in [0, 0.1) is 6.92 Å². The summed E-state index contributed by atoms with van der Waals surface area (Å²) in [5, 5.41) is 9.51. The molecule has 1 fully saturated rings. The number of benzene rings is 1. The summed E-state index contributed by atoms with van der Waals surface area (Å²) in [6.45, 7) is 4.91. The average molecular weight is 429 g/mol. The van der Waals surface area contributed by atoms with Crippen LogP contribution in [-0.4, -0.2) is 62.5 Å². The first-order chi connectivity index (χ1) is 14.1. The van der Waals surface area contributed by atoms with E-state index in [1.165, 1.54) is 17.3 Å². The molecule has 0 spiro atoms. The van der Waals surface area contributed by atoms with Gasteiger partial charge in [0.25, 0.3) is 0 Å². The smallest absolute Gasteiger partial charge is 0.233 e. The van der Waals surface area contributed by atoms with Gasteiger partial charge in [0, 0.05) is 38.1 Å². The van der Waals surface area contributed by atoms with E-state index in [1.54, 1.807) is 12.5 Å². The van der Waals surface area contributed by atoms with Gasteiger partial charge in [-0.25, -0.2) is 4.98 Å². The number of aromatic nitrogens is 4. The van der Waals surface area contributed by atoms with Crippen LogP contribution in [0.15, 0.2) is 54.1 Å². The van der Waals surface area contributed by atoms with Gasteiger partial charge in [-0.3, -0.25) is 9.36 Å². The van der Waals surface area contributed by atoms with Gasteiger partial charge in [0.05, 0.1) is 10.8 Å². The summed E-state index contributed by atoms with van der Waals surface area (Å²) in [7, 11) is 0. The van der Waals surface area contributed by atoms with Gasteiger partial charge >= 0.3 is 0 Å². The molecular formula is C20H21ClN6OS. The Balaban J connectivity index is 1.32. The summed E-state index contributed by atoms with van der Waals surface area (Å²) < 4.78 is 1.90. The number of hydrogen-bond acceptors (Lipinski definition) is 6. The maximum absolute atomic E-state index is 12.7. The van der Waals surface area contributed by atoms with Crippen LogP contribution in [0.25, 0.3) is 5.69 Å². The number of carbonyl (C=O) groups is 1. The third kappa shape index (κ3) is 4.71. The van der Waals surface area contributed by atoms with E-state index in [0.717, 1.165) is 24.6 Å². The van der Waals surface area contributed by atoms with Crippen molar-refractivity contribution in [1.29, 1.82) is 0 Å². The predicted octanol–water partition coefficient (Wildman–Crippen LogP) is 3.07. The van der Waals surface area contributed by atoms with Crippen molar-refractivity contribution in [2.75, 3.05) is 36.8 Å². The lowest BCUT2D eigenvalue weighted by molar-refractivity contribution is -0.128. The number of anilines is 1. The van der Waals surface area contributed by atoms with Crippen molar-refractivity contribution < 1.29 is 4.79 Å². The fourth-order valence-corrected chi connectivity index (χ4v) is 4.11. The minimum absolute atomic E-state index is 0.108. The van der Waals surface area contributed by atoms with Crippen molar-refractivity contribution in [3.63, 3.8) is 0 Å². The van der Waals surface area contributed by atoms with Crippen LogP contribution < -0.4 is 4.90 Å². The minimum Gasteiger partial charge on any atom is -0.353 e. The molecule has 0 aliphatic carbocycles. The molecule has 1 aliphatic heterocycles. The van der Waals surface area contributed by atoms with Gasteiger partial charge < -0.3 is 9.80 Å². The van der Waals surface area contributed by atoms with Crippen molar-refractivity contribution in [3.05, 3.63) is 59.5 Å². The molecule has 0 bridgehead atoms. The summed E-state index contributed by atoms with van der Waals surface area (Å²) >= 11 is 7.31. The Labute approximate surface area is 178 Å². The van der Waals surface area contributed by atoms with Crippen LogP contribution >= 0.6 is 23.4 Å². The molecule has 3 heterocycles. The number of nitrogens with zero attached hydrogens (tertiary/aromatic N) is 6. The topological polar surface area (TPSA) is 67.2 Å². The Bertz CT molecular complexity index is 967. The zero-order valence-corrected chi connectivity index (χ0v) is 17.6. The third-order valence-electron chi connectivity index (χ3n) is 4.82. The number of amides is 1. The van der Waals surface area contributed by atoms with Crippen LogP contribution in [-0.2, 0) is 4.79 Å². The molecule has 1 aliphatic rings. The largest absolute Gasteiger partial charge is 0.353 e. The lowest BCUT2D eigenvalue weighted by atomic mass is 10.2. The number of hydrogen-bond donors (Lipinski definition) is 0. The molecule has 3 aromatic rings. The summed E-state index contributed by atoms with van der Waals surface area (Å²) in [4.78, 5) is 21.1.